The molecule has 3 nitrogen and oxygen atoms in total. The maximum Gasteiger partial charge on any atom is 0.171 e. The van der Waals surface area contributed by atoms with Crippen LogP contribution in [0, 0.1) is 11.8 Å². The van der Waals surface area contributed by atoms with Gasteiger partial charge in [0.05, 0.1) is 19.3 Å². The first-order valence-electron chi connectivity index (χ1n) is 4.76. The Bertz CT molecular complexity index is 196. The molecule has 1 aliphatic heterocycles. The molecule has 3 rings (SSSR count). The van der Waals surface area contributed by atoms with Crippen LogP contribution in [0.4, 0.5) is 0 Å². The number of aliphatic hydroxyl groups is 1. The highest BCUT2D eigenvalue weighted by atomic mass is 16.7. The van der Waals surface area contributed by atoms with Crippen molar-refractivity contribution in [3.05, 3.63) is 0 Å². The summed E-state index contributed by atoms with van der Waals surface area (Å²) in [5.74, 6) is 0.622. The van der Waals surface area contributed by atoms with Crippen LogP contribution in [0.25, 0.3) is 0 Å². The molecule has 2 saturated carbocycles. The predicted molar refractivity (Wildman–Crippen MR) is 41.5 cm³/mol. The van der Waals surface area contributed by atoms with Gasteiger partial charge < -0.3 is 14.6 Å². The van der Waals surface area contributed by atoms with Crippen molar-refractivity contribution in [3.63, 3.8) is 0 Å². The van der Waals surface area contributed by atoms with Crippen molar-refractivity contribution < 1.29 is 14.6 Å². The molecule has 0 amide bonds. The molecule has 2 unspecified atom stereocenters. The van der Waals surface area contributed by atoms with Gasteiger partial charge in [-0.3, -0.25) is 0 Å². The molecule has 0 aromatic carbocycles. The molecular formula is C9H14O3. The maximum absolute atomic E-state index is 9.55. The molecule has 2 bridgehead atoms. The van der Waals surface area contributed by atoms with Crippen LogP contribution in [-0.2, 0) is 9.47 Å². The lowest BCUT2D eigenvalue weighted by molar-refractivity contribution is -0.199. The Kier molecular flexibility index (Phi) is 1.35. The van der Waals surface area contributed by atoms with E-state index in [-0.39, 0.29) is 11.9 Å². The van der Waals surface area contributed by atoms with Crippen molar-refractivity contribution in [2.45, 2.75) is 31.2 Å². The minimum Gasteiger partial charge on any atom is -0.393 e. The number of ether oxygens (including phenoxy) is 2. The Morgan fingerprint density at radius 2 is 1.92 bits per heavy atom. The van der Waals surface area contributed by atoms with E-state index in [2.05, 4.69) is 0 Å². The van der Waals surface area contributed by atoms with Crippen molar-refractivity contribution in [1.29, 1.82) is 0 Å². The summed E-state index contributed by atoms with van der Waals surface area (Å²) < 4.78 is 11.3. The zero-order chi connectivity index (χ0) is 8.18. The average Bonchev–Trinajstić information content (AvgIpc) is 2.68. The molecule has 0 aromatic rings. The minimum atomic E-state index is -0.274. The first-order chi connectivity index (χ1) is 5.80. The summed E-state index contributed by atoms with van der Waals surface area (Å²) in [7, 11) is 0. The molecule has 1 saturated heterocycles. The van der Waals surface area contributed by atoms with Gasteiger partial charge in [0.1, 0.15) is 0 Å². The van der Waals surface area contributed by atoms with Crippen molar-refractivity contribution in [2.75, 3.05) is 13.2 Å². The normalized spacial score (nSPS) is 49.2. The van der Waals surface area contributed by atoms with Crippen LogP contribution in [0.1, 0.15) is 19.3 Å². The van der Waals surface area contributed by atoms with Gasteiger partial charge in [0, 0.05) is 12.3 Å². The number of hydrogen-bond acceptors (Lipinski definition) is 3. The van der Waals surface area contributed by atoms with Crippen molar-refractivity contribution in [2.24, 2.45) is 11.8 Å². The molecule has 2 aliphatic carbocycles. The molecule has 0 aromatic heterocycles. The standard InChI is InChI=1S/C9H14O3/c10-8-4-7-3-6(8)5-9(7)11-1-2-12-9/h6-8,10H,1-5H2/t6?,7?,8-/m0/s1. The third kappa shape index (κ3) is 0.767. The smallest absolute Gasteiger partial charge is 0.171 e. The lowest BCUT2D eigenvalue weighted by Gasteiger charge is -2.33. The van der Waals surface area contributed by atoms with Crippen LogP contribution >= 0.6 is 0 Å². The van der Waals surface area contributed by atoms with E-state index in [1.54, 1.807) is 0 Å². The van der Waals surface area contributed by atoms with E-state index in [0.717, 1.165) is 32.5 Å². The molecule has 3 fully saturated rings. The highest BCUT2D eigenvalue weighted by molar-refractivity contribution is 5.02. The van der Waals surface area contributed by atoms with Crippen molar-refractivity contribution in [1.82, 2.24) is 0 Å². The first-order valence-corrected chi connectivity index (χ1v) is 4.76. The van der Waals surface area contributed by atoms with E-state index in [0.29, 0.717) is 11.8 Å². The van der Waals surface area contributed by atoms with Crippen LogP contribution < -0.4 is 0 Å². The van der Waals surface area contributed by atoms with Gasteiger partial charge in [-0.15, -0.1) is 0 Å². The van der Waals surface area contributed by atoms with Crippen LogP contribution in [0.3, 0.4) is 0 Å². The van der Waals surface area contributed by atoms with Crippen molar-refractivity contribution in [3.8, 4) is 0 Å². The quantitative estimate of drug-likeness (QED) is 0.576. The number of fused-ring (bicyclic) bond motifs is 3. The van der Waals surface area contributed by atoms with Gasteiger partial charge in [-0.2, -0.15) is 0 Å². The second kappa shape index (κ2) is 2.22. The van der Waals surface area contributed by atoms with Crippen LogP contribution in [-0.4, -0.2) is 30.2 Å². The van der Waals surface area contributed by atoms with E-state index in [9.17, 15) is 5.11 Å². The van der Waals surface area contributed by atoms with Crippen LogP contribution in [0.15, 0.2) is 0 Å². The van der Waals surface area contributed by atoms with Gasteiger partial charge in [-0.05, 0) is 18.8 Å². The largest absolute Gasteiger partial charge is 0.393 e. The summed E-state index contributed by atoms with van der Waals surface area (Å²) in [6.45, 7) is 1.47. The highest BCUT2D eigenvalue weighted by Crippen LogP contribution is 2.54. The maximum atomic E-state index is 9.55. The summed E-state index contributed by atoms with van der Waals surface area (Å²) in [5.41, 5.74) is 0. The second-order valence-corrected chi connectivity index (χ2v) is 4.21. The second-order valence-electron chi connectivity index (χ2n) is 4.21. The molecule has 0 radical (unpaired) electrons. The lowest BCUT2D eigenvalue weighted by atomic mass is 9.92. The molecule has 3 atom stereocenters. The van der Waals surface area contributed by atoms with Crippen LogP contribution in [0.5, 0.6) is 0 Å². The fraction of sp³-hybridized carbons (Fsp3) is 1.00. The molecule has 68 valence electrons. The summed E-state index contributed by atoms with van der Waals surface area (Å²) in [4.78, 5) is 0. The molecule has 1 N–H and O–H groups in total. The third-order valence-corrected chi connectivity index (χ3v) is 3.60. The topological polar surface area (TPSA) is 38.7 Å². The van der Waals surface area contributed by atoms with E-state index in [4.69, 9.17) is 9.47 Å². The van der Waals surface area contributed by atoms with Crippen molar-refractivity contribution >= 4 is 0 Å². The summed E-state index contributed by atoms with van der Waals surface area (Å²) in [5, 5.41) is 9.55. The average molecular weight is 170 g/mol. The fourth-order valence-corrected chi connectivity index (χ4v) is 3.04. The lowest BCUT2D eigenvalue weighted by Crippen LogP contribution is -2.39. The molecule has 1 spiro atoms. The molecule has 1 heterocycles. The summed E-state index contributed by atoms with van der Waals surface area (Å²) >= 11 is 0. The van der Waals surface area contributed by atoms with Gasteiger partial charge in [0.15, 0.2) is 5.79 Å². The zero-order valence-electron chi connectivity index (χ0n) is 7.03. The molecular weight excluding hydrogens is 156 g/mol. The molecule has 3 heteroatoms. The monoisotopic (exact) mass is 170 g/mol. The van der Waals surface area contributed by atoms with Gasteiger partial charge in [-0.1, -0.05) is 0 Å². The predicted octanol–water partition coefficient (Wildman–Crippen LogP) is 0.520. The minimum absolute atomic E-state index is 0.0894. The van der Waals surface area contributed by atoms with Gasteiger partial charge in [0.2, 0.25) is 0 Å². The van der Waals surface area contributed by atoms with Gasteiger partial charge in [-0.25, -0.2) is 0 Å². The van der Waals surface area contributed by atoms with E-state index >= 15 is 0 Å². The zero-order valence-corrected chi connectivity index (χ0v) is 7.03. The molecule has 3 aliphatic rings. The van der Waals surface area contributed by atoms with Gasteiger partial charge >= 0.3 is 0 Å². The Morgan fingerprint density at radius 1 is 1.17 bits per heavy atom. The Morgan fingerprint density at radius 3 is 2.42 bits per heavy atom. The van der Waals surface area contributed by atoms with E-state index in [1.807, 2.05) is 0 Å². The Hall–Kier alpha value is -0.120. The number of aliphatic hydroxyl groups excluding tert-OH is 1. The van der Waals surface area contributed by atoms with E-state index in [1.165, 1.54) is 0 Å². The SMILES string of the molecule is O[C@H]1CC2CC1CC21OCCO1. The Labute approximate surface area is 71.7 Å². The first kappa shape index (κ1) is 7.30. The van der Waals surface area contributed by atoms with Crippen LogP contribution in [0.2, 0.25) is 0 Å². The van der Waals surface area contributed by atoms with E-state index < -0.39 is 0 Å². The van der Waals surface area contributed by atoms with Gasteiger partial charge in [0.25, 0.3) is 0 Å². The molecule has 12 heavy (non-hydrogen) atoms. The Balaban J connectivity index is 1.85. The fourth-order valence-electron chi connectivity index (χ4n) is 3.04. The summed E-state index contributed by atoms with van der Waals surface area (Å²) in [6, 6.07) is 0. The third-order valence-electron chi connectivity index (χ3n) is 3.60. The number of hydrogen-bond donors (Lipinski definition) is 1. The summed E-state index contributed by atoms with van der Waals surface area (Å²) in [6.07, 6.45) is 2.80. The number of rotatable bonds is 0. The highest BCUT2D eigenvalue weighted by Gasteiger charge is 2.58.